The summed E-state index contributed by atoms with van der Waals surface area (Å²) in [5.74, 6) is 1.75. The highest BCUT2D eigenvalue weighted by Crippen LogP contribution is 2.37. The van der Waals surface area contributed by atoms with Crippen molar-refractivity contribution < 1.29 is 8.81 Å². The second kappa shape index (κ2) is 5.92. The van der Waals surface area contributed by atoms with E-state index in [-0.39, 0.29) is 17.9 Å². The van der Waals surface area contributed by atoms with Crippen LogP contribution in [-0.4, -0.2) is 5.75 Å². The van der Waals surface area contributed by atoms with Crippen LogP contribution in [0.15, 0.2) is 44.3 Å². The van der Waals surface area contributed by atoms with Crippen molar-refractivity contribution in [2.45, 2.75) is 30.3 Å². The lowest BCUT2D eigenvalue weighted by Gasteiger charge is -2.28. The van der Waals surface area contributed by atoms with Crippen molar-refractivity contribution in [2.75, 3.05) is 5.75 Å². The van der Waals surface area contributed by atoms with Crippen LogP contribution in [-0.2, 0) is 0 Å². The lowest BCUT2D eigenvalue weighted by atomic mass is 10.0. The van der Waals surface area contributed by atoms with Crippen molar-refractivity contribution in [2.24, 2.45) is 0 Å². The molecule has 0 amide bonds. The molecule has 0 spiro atoms. The van der Waals surface area contributed by atoms with Crippen LogP contribution in [0.1, 0.15) is 36.8 Å². The van der Waals surface area contributed by atoms with E-state index in [9.17, 15) is 4.39 Å². The molecule has 0 fully saturated rings. The predicted octanol–water partition coefficient (Wildman–Crippen LogP) is 5.07. The molecule has 1 aromatic carbocycles. The maximum absolute atomic E-state index is 13.5. The largest absolute Gasteiger partial charge is 0.453 e. The normalized spacial score (nSPS) is 19.6. The molecular formula is C15H15BrFNOS. The molecule has 1 N–H and O–H groups in total. The number of benzene rings is 1. The van der Waals surface area contributed by atoms with Crippen LogP contribution in [0.2, 0.25) is 0 Å². The van der Waals surface area contributed by atoms with Gasteiger partial charge in [-0.1, -0.05) is 0 Å². The zero-order chi connectivity index (χ0) is 14.1. The van der Waals surface area contributed by atoms with Gasteiger partial charge in [0.25, 0.3) is 0 Å². The first-order valence-electron chi connectivity index (χ1n) is 6.57. The Labute approximate surface area is 130 Å². The van der Waals surface area contributed by atoms with Crippen LogP contribution < -0.4 is 5.32 Å². The Morgan fingerprint density at radius 2 is 2.25 bits per heavy atom. The van der Waals surface area contributed by atoms with Crippen molar-refractivity contribution in [3.63, 3.8) is 0 Å². The number of furan rings is 1. The predicted molar refractivity (Wildman–Crippen MR) is 82.4 cm³/mol. The van der Waals surface area contributed by atoms with Crippen LogP contribution in [0.3, 0.4) is 0 Å². The number of hydrogen-bond donors (Lipinski definition) is 1. The third-order valence-electron chi connectivity index (χ3n) is 3.48. The van der Waals surface area contributed by atoms with Crippen molar-refractivity contribution in [3.8, 4) is 0 Å². The molecule has 1 aliphatic rings. The minimum atomic E-state index is -0.175. The molecule has 1 aromatic heterocycles. The molecule has 0 aliphatic carbocycles. The first-order valence-corrected chi connectivity index (χ1v) is 8.35. The van der Waals surface area contributed by atoms with E-state index >= 15 is 0 Å². The van der Waals surface area contributed by atoms with E-state index in [4.69, 9.17) is 4.42 Å². The summed E-state index contributed by atoms with van der Waals surface area (Å²) in [7, 11) is 0. The van der Waals surface area contributed by atoms with E-state index < -0.39 is 0 Å². The SMILES string of the molecule is CC(NC1CCSc2ccc(F)cc21)c1ccc(Br)o1. The van der Waals surface area contributed by atoms with Gasteiger partial charge in [0.1, 0.15) is 11.6 Å². The molecule has 2 atom stereocenters. The van der Waals surface area contributed by atoms with E-state index in [0.29, 0.717) is 0 Å². The smallest absolute Gasteiger partial charge is 0.169 e. The lowest BCUT2D eigenvalue weighted by molar-refractivity contribution is 0.376. The average molecular weight is 356 g/mol. The Hall–Kier alpha value is -0.780. The molecule has 2 heterocycles. The van der Waals surface area contributed by atoms with Crippen LogP contribution >= 0.6 is 27.7 Å². The molecule has 106 valence electrons. The van der Waals surface area contributed by atoms with E-state index in [2.05, 4.69) is 28.2 Å². The number of thioether (sulfide) groups is 1. The molecule has 2 aromatic rings. The summed E-state index contributed by atoms with van der Waals surface area (Å²) < 4.78 is 19.8. The van der Waals surface area contributed by atoms with Crippen LogP contribution in [0.5, 0.6) is 0 Å². The van der Waals surface area contributed by atoms with E-state index in [1.54, 1.807) is 17.8 Å². The van der Waals surface area contributed by atoms with Gasteiger partial charge in [-0.25, -0.2) is 4.39 Å². The highest BCUT2D eigenvalue weighted by atomic mass is 79.9. The van der Waals surface area contributed by atoms with Gasteiger partial charge in [-0.3, -0.25) is 0 Å². The summed E-state index contributed by atoms with van der Waals surface area (Å²) in [4.78, 5) is 1.17. The molecule has 0 saturated heterocycles. The summed E-state index contributed by atoms with van der Waals surface area (Å²) in [5, 5.41) is 3.54. The van der Waals surface area contributed by atoms with E-state index in [0.717, 1.165) is 28.2 Å². The van der Waals surface area contributed by atoms with Crippen molar-refractivity contribution >= 4 is 27.7 Å². The molecule has 0 radical (unpaired) electrons. The van der Waals surface area contributed by atoms with Gasteiger partial charge < -0.3 is 9.73 Å². The van der Waals surface area contributed by atoms with E-state index in [1.807, 2.05) is 18.2 Å². The minimum Gasteiger partial charge on any atom is -0.453 e. The monoisotopic (exact) mass is 355 g/mol. The van der Waals surface area contributed by atoms with Gasteiger partial charge in [0, 0.05) is 10.9 Å². The molecule has 2 nitrogen and oxygen atoms in total. The van der Waals surface area contributed by atoms with Gasteiger partial charge >= 0.3 is 0 Å². The van der Waals surface area contributed by atoms with Gasteiger partial charge in [-0.2, -0.15) is 0 Å². The third-order valence-corrected chi connectivity index (χ3v) is 5.03. The summed E-state index contributed by atoms with van der Waals surface area (Å²) >= 11 is 5.10. The molecule has 2 unspecified atom stereocenters. The first kappa shape index (κ1) is 14.2. The fourth-order valence-corrected chi connectivity index (χ4v) is 3.91. The third kappa shape index (κ3) is 2.95. The number of fused-ring (bicyclic) bond motifs is 1. The van der Waals surface area contributed by atoms with Crippen molar-refractivity contribution in [3.05, 3.63) is 52.1 Å². The molecule has 20 heavy (non-hydrogen) atoms. The molecule has 0 bridgehead atoms. The van der Waals surface area contributed by atoms with Gasteiger partial charge in [-0.15, -0.1) is 11.8 Å². The Morgan fingerprint density at radius 3 is 3.00 bits per heavy atom. The minimum absolute atomic E-state index is 0.0884. The summed E-state index contributed by atoms with van der Waals surface area (Å²) in [5.41, 5.74) is 1.05. The zero-order valence-electron chi connectivity index (χ0n) is 11.0. The van der Waals surface area contributed by atoms with Gasteiger partial charge in [0.2, 0.25) is 0 Å². The van der Waals surface area contributed by atoms with Crippen LogP contribution in [0, 0.1) is 5.82 Å². The van der Waals surface area contributed by atoms with Gasteiger partial charge in [0.15, 0.2) is 4.67 Å². The van der Waals surface area contributed by atoms with Gasteiger partial charge in [-0.05, 0) is 70.9 Å². The molecule has 1 aliphatic heterocycles. The Morgan fingerprint density at radius 1 is 1.40 bits per heavy atom. The van der Waals surface area contributed by atoms with Crippen molar-refractivity contribution in [1.29, 1.82) is 0 Å². The molecule has 3 rings (SSSR count). The maximum atomic E-state index is 13.5. The number of halogens is 2. The first-order chi connectivity index (χ1) is 9.63. The summed E-state index contributed by atoms with van der Waals surface area (Å²) in [6.07, 6.45) is 0.993. The van der Waals surface area contributed by atoms with Crippen LogP contribution in [0.25, 0.3) is 0 Å². The van der Waals surface area contributed by atoms with Crippen molar-refractivity contribution in [1.82, 2.24) is 5.32 Å². The van der Waals surface area contributed by atoms with E-state index in [1.165, 1.54) is 11.0 Å². The Bertz CT molecular complexity index is 616. The molecule has 0 saturated carbocycles. The van der Waals surface area contributed by atoms with Crippen LogP contribution in [0.4, 0.5) is 4.39 Å². The molecular weight excluding hydrogens is 341 g/mol. The topological polar surface area (TPSA) is 25.2 Å². The number of rotatable bonds is 3. The fraction of sp³-hybridized carbons (Fsp3) is 0.333. The summed E-state index contributed by atoms with van der Waals surface area (Å²) in [6.45, 7) is 2.06. The number of hydrogen-bond acceptors (Lipinski definition) is 3. The van der Waals surface area contributed by atoms with Gasteiger partial charge in [0.05, 0.1) is 6.04 Å². The second-order valence-electron chi connectivity index (χ2n) is 4.90. The Balaban J connectivity index is 1.80. The Kier molecular flexibility index (Phi) is 4.19. The summed E-state index contributed by atoms with van der Waals surface area (Å²) in [6, 6.07) is 9.14. The molecule has 5 heteroatoms. The highest BCUT2D eigenvalue weighted by molar-refractivity contribution is 9.10. The second-order valence-corrected chi connectivity index (χ2v) is 6.82. The quantitative estimate of drug-likeness (QED) is 0.831. The maximum Gasteiger partial charge on any atom is 0.169 e. The average Bonchev–Trinajstić information content (AvgIpc) is 2.86. The number of nitrogens with one attached hydrogen (secondary N) is 1. The fourth-order valence-electron chi connectivity index (χ4n) is 2.48. The lowest BCUT2D eigenvalue weighted by Crippen LogP contribution is -2.27. The highest BCUT2D eigenvalue weighted by Gasteiger charge is 2.23. The standard InChI is InChI=1S/C15H15BrFNOS/c1-9(13-3-5-15(16)19-13)18-12-6-7-20-14-4-2-10(17)8-11(12)14/h2-5,8-9,12,18H,6-7H2,1H3. The zero-order valence-corrected chi connectivity index (χ0v) is 13.4.